The van der Waals surface area contributed by atoms with Gasteiger partial charge in [0, 0.05) is 26.2 Å². The third kappa shape index (κ3) is 5.44. The van der Waals surface area contributed by atoms with Crippen LogP contribution in [0.1, 0.15) is 28.3 Å². The summed E-state index contributed by atoms with van der Waals surface area (Å²) in [5, 5.41) is 3.18. The van der Waals surface area contributed by atoms with Crippen LogP contribution < -0.4 is 24.6 Å². The van der Waals surface area contributed by atoms with Crippen molar-refractivity contribution in [3.8, 4) is 11.5 Å². The van der Waals surface area contributed by atoms with Crippen LogP contribution in [0.4, 0.5) is 24.5 Å². The van der Waals surface area contributed by atoms with E-state index in [0.29, 0.717) is 11.4 Å². The van der Waals surface area contributed by atoms with E-state index in [9.17, 15) is 32.3 Å². The highest BCUT2D eigenvalue weighted by atomic mass is 79.9. The topological polar surface area (TPSA) is 118 Å². The predicted molar refractivity (Wildman–Crippen MR) is 184 cm³/mol. The van der Waals surface area contributed by atoms with Crippen molar-refractivity contribution >= 4 is 68.1 Å². The van der Waals surface area contributed by atoms with Crippen molar-refractivity contribution in [3.05, 3.63) is 96.9 Å². The molecule has 2 bridgehead atoms. The summed E-state index contributed by atoms with van der Waals surface area (Å²) in [6.07, 6.45) is -3.82. The molecule has 0 spiro atoms. The second kappa shape index (κ2) is 12.3. The molecule has 3 aromatic carbocycles. The molecule has 3 heterocycles. The Morgan fingerprint density at radius 3 is 2.46 bits per heavy atom. The molecule has 4 aliphatic rings. The smallest absolute Gasteiger partial charge is 0.416 e. The lowest BCUT2D eigenvalue weighted by atomic mass is 9.68. The van der Waals surface area contributed by atoms with Crippen LogP contribution in [-0.4, -0.2) is 41.7 Å². The molecule has 8 rings (SSSR count). The Balaban J connectivity index is 1.06. The van der Waals surface area contributed by atoms with E-state index in [1.807, 2.05) is 18.2 Å². The number of rotatable bonds is 7. The molecule has 4 unspecified atom stereocenters. The summed E-state index contributed by atoms with van der Waals surface area (Å²) in [6, 6.07) is 16.8. The minimum atomic E-state index is -4.55. The van der Waals surface area contributed by atoms with Crippen molar-refractivity contribution < 1.29 is 37.0 Å². The molecule has 2 aliphatic carbocycles. The summed E-state index contributed by atoms with van der Waals surface area (Å²) in [6.45, 7) is -0.488. The molecule has 3 fully saturated rings. The molecule has 4 aromatic rings. The van der Waals surface area contributed by atoms with E-state index in [2.05, 4.69) is 26.2 Å². The second-order valence-electron chi connectivity index (χ2n) is 12.8. The number of alkyl halides is 3. The van der Waals surface area contributed by atoms with Gasteiger partial charge in [-0.3, -0.25) is 24.1 Å². The zero-order valence-corrected chi connectivity index (χ0v) is 29.3. The summed E-state index contributed by atoms with van der Waals surface area (Å²) >= 11 is 6.14. The Morgan fingerprint density at radius 1 is 1.00 bits per heavy atom. The Kier molecular flexibility index (Phi) is 8.14. The van der Waals surface area contributed by atoms with Gasteiger partial charge in [-0.15, -0.1) is 11.8 Å². The largest absolute Gasteiger partial charge is 0.493 e. The van der Waals surface area contributed by atoms with Gasteiger partial charge in [0.15, 0.2) is 18.1 Å². The lowest BCUT2D eigenvalue weighted by molar-refractivity contribution is -0.137. The molecule has 2 saturated carbocycles. The number of aromatic nitrogens is 1. The van der Waals surface area contributed by atoms with Crippen LogP contribution in [0.3, 0.4) is 0 Å². The van der Waals surface area contributed by atoms with Crippen LogP contribution in [0.2, 0.25) is 0 Å². The number of halogens is 4. The number of aromatic amines is 1. The van der Waals surface area contributed by atoms with Crippen LogP contribution in [0.15, 0.2) is 81.0 Å². The van der Waals surface area contributed by atoms with Gasteiger partial charge in [-0.2, -0.15) is 13.2 Å². The highest BCUT2D eigenvalue weighted by Gasteiger charge is 2.69. The lowest BCUT2D eigenvalue weighted by Gasteiger charge is -2.43. The van der Waals surface area contributed by atoms with Gasteiger partial charge in [-0.25, -0.2) is 0 Å². The third-order valence-electron chi connectivity index (χ3n) is 10.2. The third-order valence-corrected chi connectivity index (χ3v) is 13.3. The summed E-state index contributed by atoms with van der Waals surface area (Å²) in [5.41, 5.74) is 0.484. The van der Waals surface area contributed by atoms with Gasteiger partial charge in [0.1, 0.15) is 0 Å². The van der Waals surface area contributed by atoms with Gasteiger partial charge in [0.2, 0.25) is 11.8 Å². The Hall–Kier alpha value is -4.08. The molecule has 2 N–H and O–H groups in total. The van der Waals surface area contributed by atoms with E-state index in [4.69, 9.17) is 9.47 Å². The van der Waals surface area contributed by atoms with E-state index in [-0.39, 0.29) is 57.0 Å². The van der Waals surface area contributed by atoms with Gasteiger partial charge in [0.05, 0.1) is 35.2 Å². The number of hydrogen-bond acceptors (Lipinski definition) is 8. The molecule has 258 valence electrons. The first-order valence-electron chi connectivity index (χ1n) is 15.7. The number of methoxy groups -OCH3 is 1. The van der Waals surface area contributed by atoms with Gasteiger partial charge in [-0.1, -0.05) is 39.4 Å². The molecule has 7 atom stereocenters. The van der Waals surface area contributed by atoms with E-state index >= 15 is 0 Å². The van der Waals surface area contributed by atoms with Gasteiger partial charge >= 0.3 is 11.0 Å². The molecule has 9 nitrogen and oxygen atoms in total. The molecular formula is C35H27BrF3N3O6S2. The number of ether oxygens (including phenoxy) is 2. The predicted octanol–water partition coefficient (Wildman–Crippen LogP) is 6.92. The fourth-order valence-corrected chi connectivity index (χ4v) is 11.5. The fraction of sp³-hybridized carbons (Fsp3) is 0.314. The normalized spacial score (nSPS) is 26.4. The number of H-pyrrole nitrogens is 1. The van der Waals surface area contributed by atoms with Crippen LogP contribution in [0.5, 0.6) is 11.5 Å². The number of anilines is 2. The molecule has 2 aliphatic heterocycles. The van der Waals surface area contributed by atoms with Crippen LogP contribution in [-0.2, 0) is 20.6 Å². The molecule has 0 radical (unpaired) electrons. The number of amides is 3. The maximum Gasteiger partial charge on any atom is 0.416 e. The maximum atomic E-state index is 14.0. The Labute approximate surface area is 299 Å². The van der Waals surface area contributed by atoms with Crippen molar-refractivity contribution in [2.75, 3.05) is 23.9 Å². The molecule has 3 amide bonds. The van der Waals surface area contributed by atoms with Gasteiger partial charge < -0.3 is 19.8 Å². The highest BCUT2D eigenvalue weighted by Crippen LogP contribution is 2.68. The summed E-state index contributed by atoms with van der Waals surface area (Å²) in [5.74, 6) is -1.78. The molecule has 50 heavy (non-hydrogen) atoms. The molecule has 1 aromatic heterocycles. The number of nitrogens with zero attached hydrogens (tertiary/aromatic N) is 1. The number of fused-ring (bicyclic) bond motifs is 9. The van der Waals surface area contributed by atoms with Crippen LogP contribution >= 0.6 is 39.0 Å². The average molecular weight is 787 g/mol. The number of thiazole rings is 1. The average Bonchev–Trinajstić information content (AvgIpc) is 3.82. The van der Waals surface area contributed by atoms with Crippen LogP contribution in [0, 0.1) is 29.6 Å². The standard InChI is InChI=1S/C35H27BrF3N3O6S2/c1-47-23-11-15(5-10-22(23)48-14-24(43)40-18-4-2-3-16(12-18)35(37,38)39)25-26-20-13-21(29(26)49-31-30(25)50-34(46)41-31)28-27(20)32(44)42(33(28)45)19-8-6-17(36)7-9-19/h2-12,20-21,25-29H,13-14H2,1H3,(H,40,43)(H,41,46)/t20-,21-,25-,26?,27?,28?,29?/m1/s1. The first-order chi connectivity index (χ1) is 23.9. The lowest BCUT2D eigenvalue weighted by Crippen LogP contribution is -2.42. The first-order valence-corrected chi connectivity index (χ1v) is 18.2. The van der Waals surface area contributed by atoms with Gasteiger partial charge in [-0.05, 0) is 84.3 Å². The number of thioether (sulfide) groups is 1. The van der Waals surface area contributed by atoms with Crippen LogP contribution in [0.25, 0.3) is 0 Å². The zero-order valence-electron chi connectivity index (χ0n) is 26.0. The Morgan fingerprint density at radius 2 is 1.74 bits per heavy atom. The number of benzene rings is 3. The SMILES string of the molecule is COc1cc([C@H]2c3sc(=O)[nH]c3SC3C2[C@H]2C[C@@H]3C3C(=O)N(c4ccc(Br)cc4)C(=O)C32)ccc1OCC(=O)Nc1cccc(C(F)(F)F)c1. The minimum Gasteiger partial charge on any atom is -0.493 e. The highest BCUT2D eigenvalue weighted by molar-refractivity contribution is 9.10. The fourth-order valence-electron chi connectivity index (χ4n) is 8.35. The van der Waals surface area contributed by atoms with Crippen molar-refractivity contribution in [1.82, 2.24) is 4.98 Å². The maximum absolute atomic E-state index is 14.0. The summed E-state index contributed by atoms with van der Waals surface area (Å²) < 4.78 is 51.6. The van der Waals surface area contributed by atoms with E-state index in [1.54, 1.807) is 36.0 Å². The number of nitrogens with one attached hydrogen (secondary N) is 2. The number of carbonyl (C=O) groups is 3. The van der Waals surface area contributed by atoms with E-state index in [0.717, 1.165) is 49.8 Å². The zero-order chi connectivity index (χ0) is 35.1. The van der Waals surface area contributed by atoms with Crippen molar-refractivity contribution in [2.45, 2.75) is 28.8 Å². The summed E-state index contributed by atoms with van der Waals surface area (Å²) in [4.78, 5) is 58.2. The van der Waals surface area contributed by atoms with Gasteiger partial charge in [0.25, 0.3) is 5.91 Å². The number of imide groups is 1. The molecule has 1 saturated heterocycles. The minimum absolute atomic E-state index is 0.00733. The monoisotopic (exact) mass is 785 g/mol. The number of carbonyl (C=O) groups excluding carboxylic acids is 3. The molecular weight excluding hydrogens is 759 g/mol. The first kappa shape index (κ1) is 33.1. The van der Waals surface area contributed by atoms with Crippen molar-refractivity contribution in [1.29, 1.82) is 0 Å². The quantitative estimate of drug-likeness (QED) is 0.196. The Bertz CT molecular complexity index is 2100. The van der Waals surface area contributed by atoms with Crippen molar-refractivity contribution in [2.24, 2.45) is 29.6 Å². The second-order valence-corrected chi connectivity index (χ2v) is 15.9. The summed E-state index contributed by atoms with van der Waals surface area (Å²) in [7, 11) is 1.45. The van der Waals surface area contributed by atoms with E-state index < -0.39 is 36.1 Å². The van der Waals surface area contributed by atoms with Crippen molar-refractivity contribution in [3.63, 3.8) is 0 Å². The number of hydrogen-bond donors (Lipinski definition) is 2. The van der Waals surface area contributed by atoms with E-state index in [1.165, 1.54) is 24.1 Å². The molecule has 15 heteroatoms.